The largest absolute Gasteiger partial charge is 0.439 e. The number of hydrogen-bond donors (Lipinski definition) is 0. The highest BCUT2D eigenvalue weighted by atomic mass is 16.6. The lowest BCUT2D eigenvalue weighted by Gasteiger charge is -2.25. The Bertz CT molecular complexity index is 760. The third-order valence-corrected chi connectivity index (χ3v) is 3.61. The van der Waals surface area contributed by atoms with E-state index in [4.69, 9.17) is 4.74 Å². The standard InChI is InChI=1S/C18H18N4O2/c1-21(17-9-5-6-10-20-17)13-16(15-7-3-2-4-8-15)24-18(23)22-12-11-19-14-22/h2-12,14,16H,13H2,1H3. The second kappa shape index (κ2) is 7.41. The maximum absolute atomic E-state index is 12.3. The summed E-state index contributed by atoms with van der Waals surface area (Å²) in [6.45, 7) is 0.488. The Kier molecular flexibility index (Phi) is 4.86. The molecule has 0 spiro atoms. The molecule has 0 aliphatic rings. The molecule has 6 nitrogen and oxygen atoms in total. The van der Waals surface area contributed by atoms with Crippen molar-refractivity contribution >= 4 is 11.9 Å². The number of ether oxygens (including phenoxy) is 1. The van der Waals surface area contributed by atoms with Gasteiger partial charge in [0.05, 0.1) is 6.54 Å². The third-order valence-electron chi connectivity index (χ3n) is 3.61. The molecule has 6 heteroatoms. The van der Waals surface area contributed by atoms with E-state index < -0.39 is 12.2 Å². The van der Waals surface area contributed by atoms with Crippen molar-refractivity contribution in [1.29, 1.82) is 0 Å². The Hall–Kier alpha value is -3.15. The first kappa shape index (κ1) is 15.7. The minimum atomic E-state index is -0.462. The van der Waals surface area contributed by atoms with Gasteiger partial charge in [-0.1, -0.05) is 36.4 Å². The van der Waals surface area contributed by atoms with Crippen molar-refractivity contribution < 1.29 is 9.53 Å². The Labute approximate surface area is 140 Å². The molecule has 2 aromatic heterocycles. The zero-order valence-corrected chi connectivity index (χ0v) is 13.3. The summed E-state index contributed by atoms with van der Waals surface area (Å²) in [5.74, 6) is 0.817. The molecule has 0 N–H and O–H groups in total. The second-order valence-electron chi connectivity index (χ2n) is 5.32. The highest BCUT2D eigenvalue weighted by Crippen LogP contribution is 2.21. The molecule has 0 bridgehead atoms. The van der Waals surface area contributed by atoms with Crippen LogP contribution in [0.1, 0.15) is 11.7 Å². The number of carbonyl (C=O) groups is 1. The molecule has 2 heterocycles. The van der Waals surface area contributed by atoms with Gasteiger partial charge in [-0.15, -0.1) is 0 Å². The van der Waals surface area contributed by atoms with Crippen molar-refractivity contribution in [2.75, 3.05) is 18.5 Å². The van der Waals surface area contributed by atoms with Crippen LogP contribution in [0.25, 0.3) is 0 Å². The van der Waals surface area contributed by atoms with E-state index in [1.807, 2.05) is 60.5 Å². The number of aromatic nitrogens is 3. The maximum atomic E-state index is 12.3. The van der Waals surface area contributed by atoms with Crippen LogP contribution in [0.5, 0.6) is 0 Å². The predicted molar refractivity (Wildman–Crippen MR) is 90.8 cm³/mol. The summed E-state index contributed by atoms with van der Waals surface area (Å²) in [4.78, 5) is 22.4. The minimum absolute atomic E-state index is 0.423. The molecular formula is C18H18N4O2. The first-order chi connectivity index (χ1) is 11.7. The van der Waals surface area contributed by atoms with Crippen LogP contribution in [0.4, 0.5) is 10.6 Å². The van der Waals surface area contributed by atoms with Crippen LogP contribution in [0.15, 0.2) is 73.4 Å². The molecule has 0 saturated heterocycles. The molecule has 0 amide bonds. The quantitative estimate of drug-likeness (QED) is 0.722. The van der Waals surface area contributed by atoms with Gasteiger partial charge in [-0.25, -0.2) is 19.3 Å². The summed E-state index contributed by atoms with van der Waals surface area (Å²) in [7, 11) is 1.92. The van der Waals surface area contributed by atoms with E-state index in [-0.39, 0.29) is 0 Å². The number of pyridine rings is 1. The summed E-state index contributed by atoms with van der Waals surface area (Å²) < 4.78 is 7.00. The summed E-state index contributed by atoms with van der Waals surface area (Å²) in [6, 6.07) is 15.4. The fourth-order valence-corrected chi connectivity index (χ4v) is 2.35. The fourth-order valence-electron chi connectivity index (χ4n) is 2.35. The van der Waals surface area contributed by atoms with Gasteiger partial charge in [-0.3, -0.25) is 0 Å². The lowest BCUT2D eigenvalue weighted by Crippen LogP contribution is -2.29. The fraction of sp³-hybridized carbons (Fsp3) is 0.167. The van der Waals surface area contributed by atoms with Crippen molar-refractivity contribution in [2.45, 2.75) is 6.10 Å². The normalized spacial score (nSPS) is 11.7. The molecule has 24 heavy (non-hydrogen) atoms. The first-order valence-corrected chi connectivity index (χ1v) is 7.60. The molecule has 0 aliphatic heterocycles. The first-order valence-electron chi connectivity index (χ1n) is 7.60. The number of hydrogen-bond acceptors (Lipinski definition) is 5. The van der Waals surface area contributed by atoms with Crippen LogP contribution in [0.2, 0.25) is 0 Å². The van der Waals surface area contributed by atoms with Gasteiger partial charge in [0, 0.05) is 25.6 Å². The lowest BCUT2D eigenvalue weighted by molar-refractivity contribution is 0.102. The average molecular weight is 322 g/mol. The zero-order chi connectivity index (χ0) is 16.8. The topological polar surface area (TPSA) is 60.2 Å². The summed E-state index contributed by atoms with van der Waals surface area (Å²) >= 11 is 0. The van der Waals surface area contributed by atoms with Crippen molar-refractivity contribution in [1.82, 2.24) is 14.5 Å². The van der Waals surface area contributed by atoms with Crippen molar-refractivity contribution in [3.05, 3.63) is 79.0 Å². The Morgan fingerprint density at radius 1 is 1.17 bits per heavy atom. The monoisotopic (exact) mass is 322 g/mol. The molecule has 122 valence electrons. The van der Waals surface area contributed by atoms with Crippen LogP contribution in [0, 0.1) is 0 Å². The van der Waals surface area contributed by atoms with Gasteiger partial charge in [0.25, 0.3) is 0 Å². The summed E-state index contributed by atoms with van der Waals surface area (Å²) in [5, 5.41) is 0. The molecule has 3 aromatic rings. The Morgan fingerprint density at radius 2 is 1.96 bits per heavy atom. The number of anilines is 1. The molecule has 0 radical (unpaired) electrons. The van der Waals surface area contributed by atoms with Gasteiger partial charge in [-0.2, -0.15) is 0 Å². The average Bonchev–Trinajstić information content (AvgIpc) is 3.17. The molecule has 1 aromatic carbocycles. The number of carbonyl (C=O) groups excluding carboxylic acids is 1. The Morgan fingerprint density at radius 3 is 2.62 bits per heavy atom. The highest BCUT2D eigenvalue weighted by molar-refractivity contribution is 5.70. The van der Waals surface area contributed by atoms with Gasteiger partial charge in [-0.05, 0) is 17.7 Å². The molecule has 1 unspecified atom stereocenters. The van der Waals surface area contributed by atoms with Crippen LogP contribution in [0.3, 0.4) is 0 Å². The number of likely N-dealkylation sites (N-methyl/N-ethyl adjacent to an activating group) is 1. The van der Waals surface area contributed by atoms with Crippen molar-refractivity contribution in [2.24, 2.45) is 0 Å². The van der Waals surface area contributed by atoms with Crippen LogP contribution in [-0.2, 0) is 4.74 Å². The van der Waals surface area contributed by atoms with E-state index >= 15 is 0 Å². The third kappa shape index (κ3) is 3.78. The van der Waals surface area contributed by atoms with Crippen molar-refractivity contribution in [3.63, 3.8) is 0 Å². The van der Waals surface area contributed by atoms with Gasteiger partial charge < -0.3 is 9.64 Å². The molecule has 3 rings (SSSR count). The van der Waals surface area contributed by atoms with Crippen LogP contribution in [-0.4, -0.2) is 34.2 Å². The van der Waals surface area contributed by atoms with E-state index in [1.165, 1.54) is 10.9 Å². The number of nitrogens with zero attached hydrogens (tertiary/aromatic N) is 4. The summed E-state index contributed by atoms with van der Waals surface area (Å²) in [5.41, 5.74) is 0.925. The maximum Gasteiger partial charge on any atom is 0.419 e. The number of imidazole rings is 1. The highest BCUT2D eigenvalue weighted by Gasteiger charge is 2.20. The van der Waals surface area contributed by atoms with Crippen molar-refractivity contribution in [3.8, 4) is 0 Å². The van der Waals surface area contributed by atoms with Gasteiger partial charge in [0.2, 0.25) is 0 Å². The molecule has 1 atom stereocenters. The number of rotatable bonds is 5. The van der Waals surface area contributed by atoms with E-state index in [0.717, 1.165) is 11.4 Å². The Balaban J connectivity index is 1.79. The zero-order valence-electron chi connectivity index (χ0n) is 13.3. The number of benzene rings is 1. The van der Waals surface area contributed by atoms with Crippen LogP contribution >= 0.6 is 0 Å². The van der Waals surface area contributed by atoms with Gasteiger partial charge in [0.1, 0.15) is 18.2 Å². The van der Waals surface area contributed by atoms with Gasteiger partial charge >= 0.3 is 6.09 Å². The van der Waals surface area contributed by atoms with E-state index in [2.05, 4.69) is 9.97 Å². The predicted octanol–water partition coefficient (Wildman–Crippen LogP) is 3.14. The SMILES string of the molecule is CN(CC(OC(=O)n1ccnc1)c1ccccc1)c1ccccn1. The second-order valence-corrected chi connectivity index (χ2v) is 5.32. The smallest absolute Gasteiger partial charge is 0.419 e. The lowest BCUT2D eigenvalue weighted by atomic mass is 10.1. The van der Waals surface area contributed by atoms with E-state index in [9.17, 15) is 4.79 Å². The van der Waals surface area contributed by atoms with Gasteiger partial charge in [0.15, 0.2) is 0 Å². The molecule has 0 saturated carbocycles. The molecule has 0 aliphatic carbocycles. The molecule has 0 fully saturated rings. The van der Waals surface area contributed by atoms with E-state index in [0.29, 0.717) is 6.54 Å². The molecular weight excluding hydrogens is 304 g/mol. The summed E-state index contributed by atoms with van der Waals surface area (Å²) in [6.07, 6.45) is 5.38. The van der Waals surface area contributed by atoms with Crippen LogP contribution < -0.4 is 4.90 Å². The van der Waals surface area contributed by atoms with E-state index in [1.54, 1.807) is 18.6 Å². The minimum Gasteiger partial charge on any atom is -0.439 e.